The first-order valence-electron chi connectivity index (χ1n) is 7.57. The molecule has 0 aliphatic carbocycles. The number of ketones is 1. The second-order valence-electron chi connectivity index (χ2n) is 6.10. The number of rotatable bonds is 5. The van der Waals surface area contributed by atoms with Gasteiger partial charge in [-0.1, -0.05) is 6.92 Å². The van der Waals surface area contributed by atoms with E-state index in [0.717, 1.165) is 24.4 Å². The Balaban J connectivity index is 1.91. The summed E-state index contributed by atoms with van der Waals surface area (Å²) in [7, 11) is 0. The van der Waals surface area contributed by atoms with Gasteiger partial charge >= 0.3 is 0 Å². The van der Waals surface area contributed by atoms with Crippen LogP contribution in [0.3, 0.4) is 0 Å². The van der Waals surface area contributed by atoms with Crippen LogP contribution in [-0.2, 0) is 0 Å². The van der Waals surface area contributed by atoms with Crippen molar-refractivity contribution in [3.63, 3.8) is 0 Å². The van der Waals surface area contributed by atoms with Gasteiger partial charge in [-0.15, -0.1) is 0 Å². The van der Waals surface area contributed by atoms with E-state index < -0.39 is 0 Å². The number of likely N-dealkylation sites (tertiary alicyclic amines) is 1. The van der Waals surface area contributed by atoms with Gasteiger partial charge in [0, 0.05) is 12.1 Å². The molecular formula is C17H25NO2. The average Bonchev–Trinajstić information content (AvgIpc) is 2.38. The van der Waals surface area contributed by atoms with Crippen molar-refractivity contribution in [3.8, 4) is 5.75 Å². The third-order valence-electron chi connectivity index (χ3n) is 3.66. The lowest BCUT2D eigenvalue weighted by molar-refractivity contribution is 0.0893. The Kier molecular flexibility index (Phi) is 5.18. The van der Waals surface area contributed by atoms with E-state index in [1.54, 1.807) is 0 Å². The summed E-state index contributed by atoms with van der Waals surface area (Å²) in [6.45, 7) is 8.88. The van der Waals surface area contributed by atoms with Crippen LogP contribution in [0.15, 0.2) is 24.3 Å². The minimum absolute atomic E-state index is 0.159. The van der Waals surface area contributed by atoms with Crippen molar-refractivity contribution in [1.29, 1.82) is 0 Å². The van der Waals surface area contributed by atoms with Crippen LogP contribution in [0, 0.1) is 5.92 Å². The molecule has 2 rings (SSSR count). The molecule has 1 saturated heterocycles. The van der Waals surface area contributed by atoms with Crippen molar-refractivity contribution < 1.29 is 9.53 Å². The largest absolute Gasteiger partial charge is 0.491 e. The van der Waals surface area contributed by atoms with Crippen molar-refractivity contribution >= 4 is 5.78 Å². The Labute approximate surface area is 121 Å². The zero-order chi connectivity index (χ0) is 14.5. The first-order chi connectivity index (χ1) is 9.54. The van der Waals surface area contributed by atoms with E-state index in [2.05, 4.69) is 11.8 Å². The standard InChI is InChI=1S/C17H25NO2/c1-13(2)20-16-8-6-15(7-9-16)17(19)12-18-10-4-5-14(3)11-18/h6-9,13-14H,4-5,10-12H2,1-3H3. The van der Waals surface area contributed by atoms with Gasteiger partial charge in [0.15, 0.2) is 5.78 Å². The van der Waals surface area contributed by atoms with Crippen molar-refractivity contribution in [2.75, 3.05) is 19.6 Å². The number of carbonyl (C=O) groups is 1. The second-order valence-corrected chi connectivity index (χ2v) is 6.10. The van der Waals surface area contributed by atoms with E-state index >= 15 is 0 Å². The van der Waals surface area contributed by atoms with Gasteiger partial charge in [-0.2, -0.15) is 0 Å². The summed E-state index contributed by atoms with van der Waals surface area (Å²) in [5.41, 5.74) is 0.777. The number of hydrogen-bond donors (Lipinski definition) is 0. The number of hydrogen-bond acceptors (Lipinski definition) is 3. The molecule has 0 radical (unpaired) electrons. The van der Waals surface area contributed by atoms with Crippen LogP contribution < -0.4 is 4.74 Å². The number of carbonyl (C=O) groups excluding carboxylic acids is 1. The molecule has 3 heteroatoms. The number of ether oxygens (including phenoxy) is 1. The minimum atomic E-state index is 0.159. The molecule has 110 valence electrons. The molecular weight excluding hydrogens is 250 g/mol. The zero-order valence-corrected chi connectivity index (χ0v) is 12.8. The fraction of sp³-hybridized carbons (Fsp3) is 0.588. The maximum Gasteiger partial charge on any atom is 0.176 e. The van der Waals surface area contributed by atoms with Gasteiger partial charge in [-0.3, -0.25) is 9.69 Å². The van der Waals surface area contributed by atoms with Crippen molar-refractivity contribution in [3.05, 3.63) is 29.8 Å². The van der Waals surface area contributed by atoms with E-state index in [1.807, 2.05) is 38.1 Å². The lowest BCUT2D eigenvalue weighted by Crippen LogP contribution is -2.37. The van der Waals surface area contributed by atoms with E-state index in [0.29, 0.717) is 12.5 Å². The van der Waals surface area contributed by atoms with Crippen molar-refractivity contribution in [1.82, 2.24) is 4.90 Å². The summed E-state index contributed by atoms with van der Waals surface area (Å²) in [4.78, 5) is 14.5. The molecule has 1 aromatic carbocycles. The third kappa shape index (κ3) is 4.34. The minimum Gasteiger partial charge on any atom is -0.491 e. The number of Topliss-reactive ketones (excluding diaryl/α,β-unsaturated/α-hetero) is 1. The maximum absolute atomic E-state index is 12.3. The van der Waals surface area contributed by atoms with Gasteiger partial charge in [-0.25, -0.2) is 0 Å². The highest BCUT2D eigenvalue weighted by Crippen LogP contribution is 2.17. The lowest BCUT2D eigenvalue weighted by Gasteiger charge is -2.30. The molecule has 1 heterocycles. The molecule has 0 saturated carbocycles. The van der Waals surface area contributed by atoms with Crippen LogP contribution in [-0.4, -0.2) is 36.4 Å². The quantitative estimate of drug-likeness (QED) is 0.771. The summed E-state index contributed by atoms with van der Waals surface area (Å²) >= 11 is 0. The average molecular weight is 275 g/mol. The summed E-state index contributed by atoms with van der Waals surface area (Å²) in [5, 5.41) is 0. The molecule has 1 aliphatic rings. The summed E-state index contributed by atoms with van der Waals surface area (Å²) in [5.74, 6) is 1.73. The highest BCUT2D eigenvalue weighted by atomic mass is 16.5. The van der Waals surface area contributed by atoms with Crippen LogP contribution in [0.4, 0.5) is 0 Å². The van der Waals surface area contributed by atoms with Crippen LogP contribution in [0.1, 0.15) is 44.0 Å². The molecule has 3 nitrogen and oxygen atoms in total. The Morgan fingerprint density at radius 3 is 2.65 bits per heavy atom. The van der Waals surface area contributed by atoms with Crippen molar-refractivity contribution in [2.24, 2.45) is 5.92 Å². The summed E-state index contributed by atoms with van der Waals surface area (Å²) in [6.07, 6.45) is 2.65. The van der Waals surface area contributed by atoms with Gasteiger partial charge in [0.2, 0.25) is 0 Å². The molecule has 1 unspecified atom stereocenters. The maximum atomic E-state index is 12.3. The molecule has 0 amide bonds. The molecule has 20 heavy (non-hydrogen) atoms. The number of nitrogens with zero attached hydrogens (tertiary/aromatic N) is 1. The topological polar surface area (TPSA) is 29.5 Å². The van der Waals surface area contributed by atoms with Crippen LogP contribution in [0.25, 0.3) is 0 Å². The fourth-order valence-corrected chi connectivity index (χ4v) is 2.72. The van der Waals surface area contributed by atoms with Gasteiger partial charge in [0.25, 0.3) is 0 Å². The monoisotopic (exact) mass is 275 g/mol. The Hall–Kier alpha value is -1.35. The van der Waals surface area contributed by atoms with E-state index in [-0.39, 0.29) is 11.9 Å². The third-order valence-corrected chi connectivity index (χ3v) is 3.66. The molecule has 0 aromatic heterocycles. The SMILES string of the molecule is CC1CCCN(CC(=O)c2ccc(OC(C)C)cc2)C1. The lowest BCUT2D eigenvalue weighted by atomic mass is 9.99. The van der Waals surface area contributed by atoms with E-state index in [9.17, 15) is 4.79 Å². The molecule has 0 bridgehead atoms. The molecule has 1 atom stereocenters. The van der Waals surface area contributed by atoms with Gasteiger partial charge in [0.05, 0.1) is 12.6 Å². The number of benzene rings is 1. The zero-order valence-electron chi connectivity index (χ0n) is 12.8. The second kappa shape index (κ2) is 6.89. The Bertz CT molecular complexity index is 439. The van der Waals surface area contributed by atoms with Crippen LogP contribution in [0.2, 0.25) is 0 Å². The Morgan fingerprint density at radius 1 is 1.35 bits per heavy atom. The van der Waals surface area contributed by atoms with E-state index in [4.69, 9.17) is 4.74 Å². The predicted molar refractivity (Wildman–Crippen MR) is 81.4 cm³/mol. The normalized spacial score (nSPS) is 20.1. The highest BCUT2D eigenvalue weighted by Gasteiger charge is 2.19. The first-order valence-corrected chi connectivity index (χ1v) is 7.57. The summed E-state index contributed by atoms with van der Waals surface area (Å²) in [6, 6.07) is 7.50. The smallest absolute Gasteiger partial charge is 0.176 e. The molecule has 1 aromatic rings. The van der Waals surface area contributed by atoms with Crippen molar-refractivity contribution in [2.45, 2.75) is 39.7 Å². The molecule has 1 fully saturated rings. The highest BCUT2D eigenvalue weighted by molar-refractivity contribution is 5.97. The fourth-order valence-electron chi connectivity index (χ4n) is 2.72. The first kappa shape index (κ1) is 15.0. The molecule has 0 N–H and O–H groups in total. The van der Waals surface area contributed by atoms with Gasteiger partial charge in [0.1, 0.15) is 5.75 Å². The summed E-state index contributed by atoms with van der Waals surface area (Å²) < 4.78 is 5.59. The predicted octanol–water partition coefficient (Wildman–Crippen LogP) is 3.39. The van der Waals surface area contributed by atoms with Gasteiger partial charge in [-0.05, 0) is 63.4 Å². The van der Waals surface area contributed by atoms with Crippen LogP contribution in [0.5, 0.6) is 5.75 Å². The van der Waals surface area contributed by atoms with Crippen LogP contribution >= 0.6 is 0 Å². The van der Waals surface area contributed by atoms with Gasteiger partial charge < -0.3 is 4.74 Å². The van der Waals surface area contributed by atoms with E-state index in [1.165, 1.54) is 12.8 Å². The Morgan fingerprint density at radius 2 is 2.05 bits per heavy atom. The molecule has 1 aliphatic heterocycles. The number of piperidine rings is 1. The molecule has 0 spiro atoms.